The van der Waals surface area contributed by atoms with Gasteiger partial charge in [-0.25, -0.2) is 27.8 Å². The van der Waals surface area contributed by atoms with Crippen molar-refractivity contribution in [2.24, 2.45) is 0 Å². The molecule has 8 atom stereocenters. The Hall–Kier alpha value is -5.72. The molecule has 0 spiro atoms. The maximum Gasteiger partial charge on any atom is 0.256 e. The molecule has 0 unspecified atom stereocenters. The number of benzene rings is 2. The van der Waals surface area contributed by atoms with Crippen LogP contribution in [-0.2, 0) is 9.47 Å². The van der Waals surface area contributed by atoms with Crippen molar-refractivity contribution in [3.63, 3.8) is 0 Å². The molecule has 2 saturated heterocycles. The van der Waals surface area contributed by atoms with Crippen LogP contribution in [0.15, 0.2) is 97.6 Å². The highest BCUT2D eigenvalue weighted by Crippen LogP contribution is 2.38. The SMILES string of the molecule is C.CC[C@H]1O[C@@H](c2ccc3c(NC(=O)c4ccccc4)ncnn23)[C@H](F)[C@@H]1O.O=C(Nc1ncnn2c([C@@H]3O[C@H](CO)[C@@H](O)[C@H]3F)ccc12)c1ccccc1. The Morgan fingerprint density at radius 2 is 1.11 bits per heavy atom. The van der Waals surface area contributed by atoms with Crippen LogP contribution in [0.25, 0.3) is 11.0 Å². The number of amides is 2. The number of fused-ring (bicyclic) bond motifs is 2. The number of nitrogens with zero attached hydrogens (tertiary/aromatic N) is 6. The van der Waals surface area contributed by atoms with Gasteiger partial charge in [0.1, 0.15) is 54.2 Å². The molecule has 6 heterocycles. The predicted octanol–water partition coefficient (Wildman–Crippen LogP) is 4.28. The molecule has 6 aromatic rings. The highest BCUT2D eigenvalue weighted by Gasteiger charge is 2.46. The van der Waals surface area contributed by atoms with Gasteiger partial charge in [0, 0.05) is 11.1 Å². The van der Waals surface area contributed by atoms with E-state index in [1.165, 1.54) is 21.7 Å². The third kappa shape index (κ3) is 7.65. The van der Waals surface area contributed by atoms with Gasteiger partial charge >= 0.3 is 0 Å². The quantitative estimate of drug-likeness (QED) is 0.149. The molecule has 0 saturated carbocycles. The van der Waals surface area contributed by atoms with Gasteiger partial charge in [-0.15, -0.1) is 0 Å². The van der Waals surface area contributed by atoms with Crippen LogP contribution in [0.5, 0.6) is 0 Å². The van der Waals surface area contributed by atoms with Crippen molar-refractivity contribution in [3.05, 3.63) is 120 Å². The van der Waals surface area contributed by atoms with Gasteiger partial charge in [-0.1, -0.05) is 50.7 Å². The molecule has 0 bridgehead atoms. The Balaban J connectivity index is 0.000000184. The average Bonchev–Trinajstić information content (AvgIpc) is 3.97. The third-order valence-corrected chi connectivity index (χ3v) is 9.30. The summed E-state index contributed by atoms with van der Waals surface area (Å²) in [7, 11) is 0. The lowest BCUT2D eigenvalue weighted by atomic mass is 10.1. The first kappa shape index (κ1) is 39.0. The summed E-state index contributed by atoms with van der Waals surface area (Å²) in [6.45, 7) is 1.34. The van der Waals surface area contributed by atoms with Crippen molar-refractivity contribution >= 4 is 34.5 Å². The average molecular weight is 759 g/mol. The van der Waals surface area contributed by atoms with Crippen LogP contribution < -0.4 is 10.6 Å². The minimum Gasteiger partial charge on any atom is -0.394 e. The topological polar surface area (TPSA) is 198 Å². The number of ether oxygens (including phenoxy) is 2. The fourth-order valence-electron chi connectivity index (χ4n) is 6.48. The number of carbonyl (C=O) groups is 2. The first-order chi connectivity index (χ1) is 26.2. The van der Waals surface area contributed by atoms with Crippen LogP contribution in [0.4, 0.5) is 20.4 Å². The standard InChI is InChI=1S/C19H19FN4O3.C18H17FN4O4.CH4/c1-2-14-16(25)15(20)17(27-14)12-8-9-13-18(21-10-22-24(12)13)23-19(26)11-6-4-3-5-7-11;19-14-15(25)13(8-24)27-16(14)11-6-7-12-17(20-9-21-23(11)12)22-18(26)10-4-2-1-3-5-10;/h3-10,14-17,25H,2H2,1H3,(H,21,22,23,26);1-7,9,13-16,24-25H,8H2,(H,20,21,22,26);1H4/t14-,15-,16-,17+;13-,14-,15-,16+;/m11./s1. The first-order valence-electron chi connectivity index (χ1n) is 17.1. The molecule has 288 valence electrons. The van der Waals surface area contributed by atoms with Gasteiger partial charge in [0.05, 0.1) is 24.1 Å². The zero-order valence-corrected chi connectivity index (χ0v) is 28.7. The molecule has 0 aliphatic carbocycles. The Morgan fingerprint density at radius 1 is 0.691 bits per heavy atom. The number of halogens is 2. The number of aliphatic hydroxyl groups is 3. The van der Waals surface area contributed by atoms with E-state index >= 15 is 0 Å². The maximum atomic E-state index is 14.5. The molecule has 55 heavy (non-hydrogen) atoms. The zero-order chi connectivity index (χ0) is 37.9. The molecule has 2 aliphatic rings. The molecule has 0 radical (unpaired) electrons. The molecule has 5 N–H and O–H groups in total. The van der Waals surface area contributed by atoms with Crippen molar-refractivity contribution in [2.75, 3.05) is 17.2 Å². The van der Waals surface area contributed by atoms with E-state index in [-0.39, 0.29) is 25.1 Å². The lowest BCUT2D eigenvalue weighted by Crippen LogP contribution is -2.30. The van der Waals surface area contributed by atoms with Crippen molar-refractivity contribution < 1.29 is 43.2 Å². The van der Waals surface area contributed by atoms with E-state index in [2.05, 4.69) is 30.8 Å². The summed E-state index contributed by atoms with van der Waals surface area (Å²) in [5.74, 6) is -0.0695. The summed E-state index contributed by atoms with van der Waals surface area (Å²) < 4.78 is 43.0. The van der Waals surface area contributed by atoms with Gasteiger partial charge in [-0.2, -0.15) is 10.2 Å². The van der Waals surface area contributed by atoms with E-state index < -0.39 is 55.6 Å². The van der Waals surface area contributed by atoms with Gasteiger partial charge in [0.2, 0.25) is 0 Å². The van der Waals surface area contributed by atoms with Gasteiger partial charge in [0.15, 0.2) is 24.0 Å². The minimum absolute atomic E-state index is 0. The highest BCUT2D eigenvalue weighted by atomic mass is 19.1. The number of rotatable bonds is 8. The fourth-order valence-corrected chi connectivity index (χ4v) is 6.48. The third-order valence-electron chi connectivity index (χ3n) is 9.30. The number of aromatic nitrogens is 6. The van der Waals surface area contributed by atoms with Crippen molar-refractivity contribution in [2.45, 2.75) is 69.7 Å². The van der Waals surface area contributed by atoms with E-state index in [1.807, 2.05) is 19.1 Å². The predicted molar refractivity (Wildman–Crippen MR) is 196 cm³/mol. The molecular weight excluding hydrogens is 718 g/mol. The summed E-state index contributed by atoms with van der Waals surface area (Å²) in [6, 6.07) is 24.0. The lowest BCUT2D eigenvalue weighted by molar-refractivity contribution is -0.0241. The summed E-state index contributed by atoms with van der Waals surface area (Å²) in [4.78, 5) is 33.0. The normalized spacial score (nSPS) is 24.5. The van der Waals surface area contributed by atoms with Crippen LogP contribution in [0.2, 0.25) is 0 Å². The summed E-state index contributed by atoms with van der Waals surface area (Å²) in [6.07, 6.45) is -6.42. The second-order valence-corrected chi connectivity index (χ2v) is 12.6. The molecule has 15 nitrogen and oxygen atoms in total. The van der Waals surface area contributed by atoms with Crippen LogP contribution in [0, 0.1) is 0 Å². The molecule has 2 aliphatic heterocycles. The molecule has 2 fully saturated rings. The number of carbonyl (C=O) groups excluding carboxylic acids is 2. The molecular formula is C38H40F2N8O7. The van der Waals surface area contributed by atoms with Gasteiger partial charge < -0.3 is 35.4 Å². The van der Waals surface area contributed by atoms with E-state index in [1.54, 1.807) is 72.8 Å². The smallest absolute Gasteiger partial charge is 0.256 e. The van der Waals surface area contributed by atoms with Crippen molar-refractivity contribution in [3.8, 4) is 0 Å². The van der Waals surface area contributed by atoms with Crippen molar-refractivity contribution in [1.29, 1.82) is 0 Å². The fraction of sp³-hybridized carbons (Fsp3) is 0.316. The molecule has 2 amide bonds. The van der Waals surface area contributed by atoms with E-state index in [0.29, 0.717) is 45.8 Å². The number of alkyl halides is 2. The van der Waals surface area contributed by atoms with Crippen LogP contribution >= 0.6 is 0 Å². The van der Waals surface area contributed by atoms with Crippen LogP contribution in [-0.4, -0.2) is 99.7 Å². The number of nitrogens with one attached hydrogen (secondary N) is 2. The van der Waals surface area contributed by atoms with E-state index in [9.17, 15) is 33.7 Å². The van der Waals surface area contributed by atoms with E-state index in [4.69, 9.17) is 9.47 Å². The molecule has 2 aromatic carbocycles. The second kappa shape index (κ2) is 16.7. The van der Waals surface area contributed by atoms with Gasteiger partial charge in [-0.3, -0.25) is 9.59 Å². The molecule has 4 aromatic heterocycles. The number of hydrogen-bond donors (Lipinski definition) is 5. The lowest BCUT2D eigenvalue weighted by Gasteiger charge is -2.13. The Bertz CT molecular complexity index is 2080. The summed E-state index contributed by atoms with van der Waals surface area (Å²) >= 11 is 0. The molecule has 8 rings (SSSR count). The molecule has 17 heteroatoms. The summed E-state index contributed by atoms with van der Waals surface area (Å²) in [5.41, 5.74) is 2.75. The zero-order valence-electron chi connectivity index (χ0n) is 28.7. The highest BCUT2D eigenvalue weighted by molar-refractivity contribution is 6.06. The maximum absolute atomic E-state index is 14.5. The Kier molecular flexibility index (Phi) is 11.9. The number of aliphatic hydroxyl groups excluding tert-OH is 3. The van der Waals surface area contributed by atoms with Crippen molar-refractivity contribution in [1.82, 2.24) is 29.2 Å². The van der Waals surface area contributed by atoms with Gasteiger partial charge in [0.25, 0.3) is 11.8 Å². The number of hydrogen-bond acceptors (Lipinski definition) is 11. The summed E-state index contributed by atoms with van der Waals surface area (Å²) in [5, 5.41) is 42.8. The van der Waals surface area contributed by atoms with E-state index in [0.717, 1.165) is 0 Å². The largest absolute Gasteiger partial charge is 0.394 e. The van der Waals surface area contributed by atoms with Crippen LogP contribution in [0.1, 0.15) is 65.1 Å². The van der Waals surface area contributed by atoms with Gasteiger partial charge in [-0.05, 0) is 55.0 Å². The Morgan fingerprint density at radius 3 is 1.49 bits per heavy atom. The monoisotopic (exact) mass is 758 g/mol. The number of anilines is 2. The minimum atomic E-state index is -1.71. The van der Waals surface area contributed by atoms with Crippen LogP contribution in [0.3, 0.4) is 0 Å². The Labute approximate surface area is 313 Å². The first-order valence-corrected chi connectivity index (χ1v) is 17.1. The second-order valence-electron chi connectivity index (χ2n) is 12.6.